The molecule has 0 fully saturated rings. The molecule has 0 radical (unpaired) electrons. The molecule has 4 aromatic carbocycles. The fourth-order valence-corrected chi connectivity index (χ4v) is 8.09. The van der Waals surface area contributed by atoms with Crippen molar-refractivity contribution >= 4 is 29.0 Å². The molecule has 4 aromatic rings. The molecule has 156 valence electrons. The fourth-order valence-electron chi connectivity index (χ4n) is 3.85. The van der Waals surface area contributed by atoms with Gasteiger partial charge in [0, 0.05) is 31.3 Å². The number of hydrogen-bond acceptors (Lipinski definition) is 1. The van der Waals surface area contributed by atoms with Crippen LogP contribution in [0.3, 0.4) is 0 Å². The summed E-state index contributed by atoms with van der Waals surface area (Å²) in [5, 5.41) is 1.65. The molecule has 0 aromatic heterocycles. The summed E-state index contributed by atoms with van der Waals surface area (Å²) >= 11 is 0. The molecular formula is C25H19F4NP+. The lowest BCUT2D eigenvalue weighted by Gasteiger charge is -2.35. The zero-order valence-corrected chi connectivity index (χ0v) is 17.5. The van der Waals surface area contributed by atoms with E-state index in [0.29, 0.717) is 21.6 Å². The standard InChI is InChI=1S/C25H19F4NP/c1-30(22-10-2-6-18(26)14-22)31(23-11-3-7-19(27)15-23,24-12-4-8-20(28)16-24)25-13-5-9-21(29)17-25/h2-17H,1H3/q+1. The zero-order chi connectivity index (χ0) is 22.0. The Bertz CT molecular complexity index is 1120. The van der Waals surface area contributed by atoms with Crippen LogP contribution in [-0.4, -0.2) is 7.05 Å². The van der Waals surface area contributed by atoms with E-state index in [4.69, 9.17) is 0 Å². The number of halogens is 4. The molecule has 0 unspecified atom stereocenters. The molecule has 4 rings (SSSR count). The van der Waals surface area contributed by atoms with E-state index in [0.717, 1.165) is 0 Å². The van der Waals surface area contributed by atoms with Crippen LogP contribution in [0.25, 0.3) is 0 Å². The highest BCUT2D eigenvalue weighted by Crippen LogP contribution is 2.59. The van der Waals surface area contributed by atoms with Crippen molar-refractivity contribution in [3.8, 4) is 0 Å². The van der Waals surface area contributed by atoms with Crippen molar-refractivity contribution in [2.24, 2.45) is 0 Å². The van der Waals surface area contributed by atoms with Gasteiger partial charge in [-0.25, -0.2) is 22.2 Å². The third-order valence-corrected chi connectivity index (χ3v) is 9.38. The van der Waals surface area contributed by atoms with E-state index >= 15 is 0 Å². The number of benzene rings is 4. The van der Waals surface area contributed by atoms with Crippen molar-refractivity contribution in [2.45, 2.75) is 0 Å². The van der Waals surface area contributed by atoms with Gasteiger partial charge in [0.15, 0.2) is 0 Å². The molecule has 0 aliphatic carbocycles. The van der Waals surface area contributed by atoms with E-state index in [-0.39, 0.29) is 0 Å². The number of anilines is 1. The normalized spacial score (nSPS) is 11.4. The average Bonchev–Trinajstić information content (AvgIpc) is 2.74. The van der Waals surface area contributed by atoms with E-state index in [1.54, 1.807) is 55.6 Å². The number of nitrogens with zero attached hydrogens (tertiary/aromatic N) is 1. The van der Waals surface area contributed by atoms with Gasteiger partial charge < -0.3 is 0 Å². The summed E-state index contributed by atoms with van der Waals surface area (Å²) < 4.78 is 59.2. The van der Waals surface area contributed by atoms with Gasteiger partial charge in [-0.05, 0) is 48.5 Å². The van der Waals surface area contributed by atoms with Crippen molar-refractivity contribution in [1.29, 1.82) is 0 Å². The molecule has 0 amide bonds. The largest absolute Gasteiger partial charge is 0.237 e. The van der Waals surface area contributed by atoms with Crippen LogP contribution >= 0.6 is 7.41 Å². The Morgan fingerprint density at radius 3 is 1.23 bits per heavy atom. The third kappa shape index (κ3) is 3.94. The van der Waals surface area contributed by atoms with Gasteiger partial charge in [0.25, 0.3) is 0 Å². The molecule has 0 spiro atoms. The van der Waals surface area contributed by atoms with Crippen molar-refractivity contribution < 1.29 is 17.6 Å². The van der Waals surface area contributed by atoms with Crippen LogP contribution in [0.4, 0.5) is 23.2 Å². The average molecular weight is 440 g/mol. The summed E-state index contributed by atoms with van der Waals surface area (Å²) in [6.45, 7) is 0. The Balaban J connectivity index is 2.13. The van der Waals surface area contributed by atoms with E-state index in [2.05, 4.69) is 0 Å². The summed E-state index contributed by atoms with van der Waals surface area (Å²) in [6, 6.07) is 24.0. The van der Waals surface area contributed by atoms with Crippen molar-refractivity contribution in [2.75, 3.05) is 11.7 Å². The van der Waals surface area contributed by atoms with Gasteiger partial charge in [0.05, 0.1) is 5.69 Å². The van der Waals surface area contributed by atoms with Gasteiger partial charge in [-0.3, -0.25) is 0 Å². The van der Waals surface area contributed by atoms with Crippen molar-refractivity contribution in [3.63, 3.8) is 0 Å². The molecule has 0 atom stereocenters. The molecule has 31 heavy (non-hydrogen) atoms. The van der Waals surface area contributed by atoms with Gasteiger partial charge in [-0.15, -0.1) is 0 Å². The Kier molecular flexibility index (Phi) is 5.79. The summed E-state index contributed by atoms with van der Waals surface area (Å²) in [5.74, 6) is -1.85. The molecule has 0 saturated carbocycles. The first-order valence-electron chi connectivity index (χ1n) is 9.58. The number of rotatable bonds is 5. The van der Waals surface area contributed by atoms with Gasteiger partial charge in [0.1, 0.15) is 39.2 Å². The first-order chi connectivity index (χ1) is 14.9. The lowest BCUT2D eigenvalue weighted by atomic mass is 10.3. The van der Waals surface area contributed by atoms with E-state index in [1.165, 1.54) is 48.5 Å². The van der Waals surface area contributed by atoms with Crippen LogP contribution in [0.2, 0.25) is 0 Å². The van der Waals surface area contributed by atoms with Crippen LogP contribution < -0.4 is 20.6 Å². The van der Waals surface area contributed by atoms with Gasteiger partial charge in [-0.1, -0.05) is 24.3 Å². The maximum absolute atomic E-state index is 14.4. The number of hydrogen-bond donors (Lipinski definition) is 0. The lowest BCUT2D eigenvalue weighted by molar-refractivity contribution is 0.627. The molecule has 0 bridgehead atoms. The van der Waals surface area contributed by atoms with E-state index < -0.39 is 30.7 Å². The fraction of sp³-hybridized carbons (Fsp3) is 0.0400. The first kappa shape index (κ1) is 21.1. The zero-order valence-electron chi connectivity index (χ0n) is 16.6. The molecule has 0 aliphatic heterocycles. The highest BCUT2D eigenvalue weighted by atomic mass is 31.2. The molecule has 6 heteroatoms. The van der Waals surface area contributed by atoms with Gasteiger partial charge in [0.2, 0.25) is 7.41 Å². The molecule has 1 nitrogen and oxygen atoms in total. The highest BCUT2D eigenvalue weighted by Gasteiger charge is 2.51. The van der Waals surface area contributed by atoms with Crippen LogP contribution in [0.1, 0.15) is 0 Å². The summed E-state index contributed by atoms with van der Waals surface area (Å²) in [7, 11) is -1.28. The van der Waals surface area contributed by atoms with Crippen molar-refractivity contribution in [1.82, 2.24) is 0 Å². The molecule has 0 saturated heterocycles. The maximum atomic E-state index is 14.4. The minimum absolute atomic E-state index is 0.444. The van der Waals surface area contributed by atoms with Crippen LogP contribution in [0.5, 0.6) is 0 Å². The van der Waals surface area contributed by atoms with Crippen LogP contribution in [0.15, 0.2) is 97.1 Å². The minimum Gasteiger partial charge on any atom is -0.237 e. The molecule has 0 aliphatic rings. The van der Waals surface area contributed by atoms with Crippen LogP contribution in [0, 0.1) is 23.3 Å². The van der Waals surface area contributed by atoms with E-state index in [9.17, 15) is 17.6 Å². The first-order valence-corrected chi connectivity index (χ1v) is 11.3. The maximum Gasteiger partial charge on any atom is 0.202 e. The summed E-state index contributed by atoms with van der Waals surface area (Å²) in [5.41, 5.74) is 0.506. The monoisotopic (exact) mass is 440 g/mol. The lowest BCUT2D eigenvalue weighted by Crippen LogP contribution is -2.42. The Labute approximate surface area is 179 Å². The topological polar surface area (TPSA) is 3.24 Å². The molecule has 0 N–H and O–H groups in total. The second kappa shape index (κ2) is 8.52. The van der Waals surface area contributed by atoms with E-state index in [1.807, 2.05) is 4.67 Å². The van der Waals surface area contributed by atoms with Crippen LogP contribution in [-0.2, 0) is 0 Å². The Hall–Kier alpha value is -3.17. The highest BCUT2D eigenvalue weighted by molar-refractivity contribution is 7.96. The van der Waals surface area contributed by atoms with Gasteiger partial charge in [-0.2, -0.15) is 0 Å². The van der Waals surface area contributed by atoms with Crippen molar-refractivity contribution in [3.05, 3.63) is 120 Å². The second-order valence-corrected chi connectivity index (χ2v) is 10.5. The third-order valence-electron chi connectivity index (χ3n) is 5.18. The predicted octanol–water partition coefficient (Wildman–Crippen LogP) is 5.59. The minimum atomic E-state index is -3.02. The van der Waals surface area contributed by atoms with Gasteiger partial charge >= 0.3 is 0 Å². The predicted molar refractivity (Wildman–Crippen MR) is 120 cm³/mol. The SMILES string of the molecule is CN(c1cccc(F)c1)[P+](c1cccc(F)c1)(c1cccc(F)c1)c1cccc(F)c1. The summed E-state index contributed by atoms with van der Waals surface area (Å²) in [6.07, 6.45) is 0. The quantitative estimate of drug-likeness (QED) is 0.289. The molecule has 0 heterocycles. The Morgan fingerprint density at radius 1 is 0.516 bits per heavy atom. The molecular weight excluding hydrogens is 421 g/mol. The summed E-state index contributed by atoms with van der Waals surface area (Å²) in [4.78, 5) is 0. The smallest absolute Gasteiger partial charge is 0.202 e. The second-order valence-electron chi connectivity index (χ2n) is 7.08. The Morgan fingerprint density at radius 2 is 0.871 bits per heavy atom.